The van der Waals surface area contributed by atoms with Crippen LogP contribution in [0.5, 0.6) is 0 Å². The molecule has 0 spiro atoms. The van der Waals surface area contributed by atoms with E-state index in [1.165, 1.54) is 33.8 Å². The van der Waals surface area contributed by atoms with E-state index in [0.717, 1.165) is 11.1 Å². The van der Waals surface area contributed by atoms with Crippen LogP contribution in [0.25, 0.3) is 5.57 Å². The molecule has 184 valence electrons. The number of tetrazole rings is 1. The van der Waals surface area contributed by atoms with Gasteiger partial charge in [0.2, 0.25) is 0 Å². The van der Waals surface area contributed by atoms with Gasteiger partial charge in [0.05, 0.1) is 7.11 Å². The molecule has 0 saturated carbocycles. The Labute approximate surface area is 216 Å². The van der Waals surface area contributed by atoms with Crippen molar-refractivity contribution in [1.82, 2.24) is 25.1 Å². The molecular weight excluding hydrogens is 500 g/mol. The maximum Gasteiger partial charge on any atom is 0.389 e. The molecule has 36 heavy (non-hydrogen) atoms. The van der Waals surface area contributed by atoms with Crippen molar-refractivity contribution in [2.24, 2.45) is 12.8 Å². The molecule has 0 bridgehead atoms. The van der Waals surface area contributed by atoms with Gasteiger partial charge in [-0.2, -0.15) is 4.89 Å². The molecule has 12 heteroatoms. The number of amides is 1. The molecule has 1 saturated heterocycles. The van der Waals surface area contributed by atoms with Gasteiger partial charge in [0, 0.05) is 29.2 Å². The van der Waals surface area contributed by atoms with Crippen molar-refractivity contribution in [3.63, 3.8) is 0 Å². The van der Waals surface area contributed by atoms with Crippen LogP contribution in [0.3, 0.4) is 0 Å². The number of hydrogen-bond donors (Lipinski definition) is 1. The first kappa shape index (κ1) is 24.3. The van der Waals surface area contributed by atoms with E-state index in [2.05, 4.69) is 15.5 Å². The molecule has 0 aliphatic carbocycles. The van der Waals surface area contributed by atoms with Crippen LogP contribution < -0.4 is 5.73 Å². The third-order valence-electron chi connectivity index (χ3n) is 6.32. The largest absolute Gasteiger partial charge is 0.389 e. The molecule has 2 aromatic carbocycles. The first-order valence-electron chi connectivity index (χ1n) is 11.0. The van der Waals surface area contributed by atoms with Crippen LogP contribution in [0.2, 0.25) is 0 Å². The van der Waals surface area contributed by atoms with Gasteiger partial charge in [-0.25, -0.2) is 9.48 Å². The summed E-state index contributed by atoms with van der Waals surface area (Å²) >= 11 is 6.59. The van der Waals surface area contributed by atoms with Crippen LogP contribution >= 0.6 is 24.0 Å². The third kappa shape index (κ3) is 3.73. The van der Waals surface area contributed by atoms with Gasteiger partial charge in [-0.15, -0.1) is 16.9 Å². The fourth-order valence-corrected chi connectivity index (χ4v) is 6.80. The zero-order valence-corrected chi connectivity index (χ0v) is 21.0. The van der Waals surface area contributed by atoms with Gasteiger partial charge in [0.15, 0.2) is 11.4 Å². The molecule has 3 aromatic rings. The highest BCUT2D eigenvalue weighted by Gasteiger charge is 2.64. The SMILES string of the molecule is COOC(=O)C1=C(c2nnnn2C)C(C(c2ccccc2)c2ccccc2)S[C@@H]2N1C(=O)[C@]2(N)C=S. The Morgan fingerprint density at radius 1 is 1.17 bits per heavy atom. The second-order valence-corrected chi connectivity index (χ2v) is 9.82. The monoisotopic (exact) mass is 522 g/mol. The van der Waals surface area contributed by atoms with E-state index >= 15 is 0 Å². The number of fused-ring (bicyclic) bond motifs is 1. The molecule has 2 N–H and O–H groups in total. The Bertz CT molecular complexity index is 1310. The summed E-state index contributed by atoms with van der Waals surface area (Å²) in [4.78, 5) is 37.5. The predicted molar refractivity (Wildman–Crippen MR) is 136 cm³/mol. The summed E-state index contributed by atoms with van der Waals surface area (Å²) in [6, 6.07) is 19.8. The molecule has 5 rings (SSSR count). The molecule has 2 aliphatic heterocycles. The summed E-state index contributed by atoms with van der Waals surface area (Å²) in [7, 11) is 2.88. The lowest BCUT2D eigenvalue weighted by atomic mass is 9.82. The maximum absolute atomic E-state index is 13.3. The fraction of sp³-hybridized carbons (Fsp3) is 0.250. The van der Waals surface area contributed by atoms with Gasteiger partial charge in [-0.1, -0.05) is 72.9 Å². The molecule has 3 atom stereocenters. The first-order chi connectivity index (χ1) is 17.4. The van der Waals surface area contributed by atoms with E-state index in [9.17, 15) is 9.59 Å². The Morgan fingerprint density at radius 3 is 2.28 bits per heavy atom. The number of thioether (sulfide) groups is 1. The second kappa shape index (κ2) is 9.54. The van der Waals surface area contributed by atoms with Crippen LogP contribution in [0.1, 0.15) is 22.9 Å². The Balaban J connectivity index is 1.81. The first-order valence-corrected chi connectivity index (χ1v) is 12.4. The minimum absolute atomic E-state index is 0.0247. The Morgan fingerprint density at radius 2 is 1.78 bits per heavy atom. The number of benzene rings is 2. The smallest absolute Gasteiger partial charge is 0.311 e. The summed E-state index contributed by atoms with van der Waals surface area (Å²) in [5.41, 5.74) is 7.42. The molecule has 0 radical (unpaired) electrons. The second-order valence-electron chi connectivity index (χ2n) is 8.36. The highest BCUT2D eigenvalue weighted by Crippen LogP contribution is 2.54. The van der Waals surface area contributed by atoms with E-state index < -0.39 is 28.0 Å². The van der Waals surface area contributed by atoms with Crippen molar-refractivity contribution in [2.45, 2.75) is 22.1 Å². The average Bonchev–Trinajstić information content (AvgIpc) is 3.34. The molecule has 1 amide bonds. The van der Waals surface area contributed by atoms with Crippen LogP contribution in [0, 0.1) is 0 Å². The normalized spacial score (nSPS) is 23.3. The van der Waals surface area contributed by atoms with Gasteiger partial charge in [0.1, 0.15) is 11.1 Å². The summed E-state index contributed by atoms with van der Waals surface area (Å²) in [5, 5.41) is 12.1. The number of β-lactam (4-membered cyclic amide) rings is 1. The summed E-state index contributed by atoms with van der Waals surface area (Å²) in [6.45, 7) is 0. The number of nitrogens with two attached hydrogens (primary N) is 1. The Kier molecular flexibility index (Phi) is 6.43. The lowest BCUT2D eigenvalue weighted by molar-refractivity contribution is -0.252. The lowest BCUT2D eigenvalue weighted by Crippen LogP contribution is -2.79. The van der Waals surface area contributed by atoms with E-state index in [1.807, 2.05) is 60.7 Å². The summed E-state index contributed by atoms with van der Waals surface area (Å²) < 4.78 is 1.45. The van der Waals surface area contributed by atoms with E-state index in [-0.39, 0.29) is 11.6 Å². The number of nitrogens with zero attached hydrogens (tertiary/aromatic N) is 5. The van der Waals surface area contributed by atoms with Gasteiger partial charge >= 0.3 is 5.97 Å². The van der Waals surface area contributed by atoms with Crippen molar-refractivity contribution >= 4 is 46.8 Å². The van der Waals surface area contributed by atoms with Crippen LogP contribution in [-0.2, 0) is 26.4 Å². The number of carbonyl (C=O) groups is 2. The number of aromatic nitrogens is 4. The number of rotatable bonds is 7. The van der Waals surface area contributed by atoms with Crippen LogP contribution in [-0.4, -0.2) is 65.6 Å². The number of hydrogen-bond acceptors (Lipinski definition) is 10. The molecule has 10 nitrogen and oxygen atoms in total. The zero-order valence-electron chi connectivity index (χ0n) is 19.3. The minimum Gasteiger partial charge on any atom is -0.311 e. The quantitative estimate of drug-likeness (QED) is 0.213. The third-order valence-corrected chi connectivity index (χ3v) is 8.37. The van der Waals surface area contributed by atoms with Gasteiger partial charge in [-0.3, -0.25) is 14.6 Å². The van der Waals surface area contributed by atoms with Crippen LogP contribution in [0.15, 0.2) is 66.4 Å². The maximum atomic E-state index is 13.3. The molecule has 2 aliphatic rings. The highest BCUT2D eigenvalue weighted by atomic mass is 32.2. The van der Waals surface area contributed by atoms with Crippen molar-refractivity contribution in [2.75, 3.05) is 7.11 Å². The standard InChI is InChI=1S/C24H22N6O4S2/c1-29-20(26-27-28-29)17-18(21(31)34-33-2)30-22(32)24(25,13-35)23(30)36-19(17)16(14-9-5-3-6-10-14)15-11-7-4-8-12-15/h3-13,16,19,23H,25H2,1-2H3/t19?,23-,24+/m0/s1. The van der Waals surface area contributed by atoms with E-state index in [4.69, 9.17) is 27.7 Å². The number of thiocarbonyl (C=S) groups is 1. The van der Waals surface area contributed by atoms with Crippen molar-refractivity contribution in [3.05, 3.63) is 83.3 Å². The molecule has 3 heterocycles. The summed E-state index contributed by atoms with van der Waals surface area (Å²) in [5.74, 6) is -1.32. The fourth-order valence-electron chi connectivity index (χ4n) is 4.66. The number of carbonyl (C=O) groups excluding carboxylic acids is 2. The van der Waals surface area contributed by atoms with E-state index in [0.29, 0.717) is 11.4 Å². The van der Waals surface area contributed by atoms with E-state index in [1.54, 1.807) is 7.05 Å². The topological polar surface area (TPSA) is 125 Å². The van der Waals surface area contributed by atoms with Crippen molar-refractivity contribution in [1.29, 1.82) is 0 Å². The minimum atomic E-state index is -1.43. The van der Waals surface area contributed by atoms with Crippen molar-refractivity contribution in [3.8, 4) is 0 Å². The van der Waals surface area contributed by atoms with Gasteiger partial charge in [-0.05, 0) is 21.6 Å². The van der Waals surface area contributed by atoms with Gasteiger partial charge < -0.3 is 5.73 Å². The van der Waals surface area contributed by atoms with Crippen LogP contribution in [0.4, 0.5) is 0 Å². The molecule has 1 aromatic heterocycles. The number of aryl methyl sites for hydroxylation is 1. The molecule has 1 fully saturated rings. The molecular formula is C24H22N6O4S2. The summed E-state index contributed by atoms with van der Waals surface area (Å²) in [6.07, 6.45) is 0. The lowest BCUT2D eigenvalue weighted by Gasteiger charge is -2.56. The average molecular weight is 523 g/mol. The Hall–Kier alpha value is -3.45. The zero-order chi connectivity index (χ0) is 25.4. The highest BCUT2D eigenvalue weighted by molar-refractivity contribution is 8.01. The van der Waals surface area contributed by atoms with Gasteiger partial charge in [0.25, 0.3) is 5.91 Å². The predicted octanol–water partition coefficient (Wildman–Crippen LogP) is 1.84. The van der Waals surface area contributed by atoms with Crippen molar-refractivity contribution < 1.29 is 19.4 Å². The molecule has 1 unspecified atom stereocenters.